The predicted octanol–water partition coefficient (Wildman–Crippen LogP) is 2.02. The zero-order valence-corrected chi connectivity index (χ0v) is 14.9. The number of likely N-dealkylation sites (tertiary alicyclic amines) is 1. The molecule has 0 spiro atoms. The Labute approximate surface area is 152 Å². The molecule has 0 radical (unpaired) electrons. The first-order valence-corrected chi connectivity index (χ1v) is 9.23. The van der Waals surface area contributed by atoms with E-state index >= 15 is 0 Å². The van der Waals surface area contributed by atoms with Crippen LogP contribution in [0.3, 0.4) is 0 Å². The number of carbonyl (C=O) groups is 1. The number of nitrogens with zero attached hydrogens (tertiary/aromatic N) is 3. The van der Waals surface area contributed by atoms with Crippen LogP contribution in [0.25, 0.3) is 0 Å². The minimum Gasteiger partial charge on any atom is -0.485 e. The van der Waals surface area contributed by atoms with Gasteiger partial charge in [-0.15, -0.1) is 0 Å². The summed E-state index contributed by atoms with van der Waals surface area (Å²) >= 11 is 0. The summed E-state index contributed by atoms with van der Waals surface area (Å²) in [6.45, 7) is 3.80. The average Bonchev–Trinajstić information content (AvgIpc) is 3.37. The van der Waals surface area contributed by atoms with Crippen molar-refractivity contribution < 1.29 is 14.1 Å². The second kappa shape index (κ2) is 7.07. The van der Waals surface area contributed by atoms with E-state index in [1.54, 1.807) is 24.3 Å². The van der Waals surface area contributed by atoms with Gasteiger partial charge in [0, 0.05) is 31.1 Å². The van der Waals surface area contributed by atoms with Crippen molar-refractivity contribution in [2.24, 2.45) is 17.6 Å². The third kappa shape index (κ3) is 3.31. The Morgan fingerprint density at radius 3 is 2.81 bits per heavy atom. The van der Waals surface area contributed by atoms with E-state index < -0.39 is 0 Å². The minimum absolute atomic E-state index is 0.0731. The fourth-order valence-electron chi connectivity index (χ4n) is 3.99. The number of aryl methyl sites for hydroxylation is 1. The largest absolute Gasteiger partial charge is 0.485 e. The molecule has 2 aromatic rings. The minimum atomic E-state index is 0.0731. The first-order valence-electron chi connectivity index (χ1n) is 9.23. The van der Waals surface area contributed by atoms with Gasteiger partial charge in [-0.05, 0) is 48.9 Å². The van der Waals surface area contributed by atoms with Crippen molar-refractivity contribution in [1.29, 1.82) is 0 Å². The van der Waals surface area contributed by atoms with Crippen molar-refractivity contribution in [3.8, 4) is 5.75 Å². The Balaban J connectivity index is 1.34. The van der Waals surface area contributed by atoms with Crippen LogP contribution in [0.1, 0.15) is 41.8 Å². The quantitative estimate of drug-likeness (QED) is 0.881. The molecular formula is C19H24N4O3. The van der Waals surface area contributed by atoms with E-state index in [0.29, 0.717) is 41.3 Å². The molecule has 1 amide bonds. The molecule has 2 fully saturated rings. The number of benzene rings is 1. The van der Waals surface area contributed by atoms with Crippen LogP contribution in [0.15, 0.2) is 28.8 Å². The lowest BCUT2D eigenvalue weighted by atomic mass is 9.98. The van der Waals surface area contributed by atoms with Crippen LogP contribution in [0.5, 0.6) is 5.75 Å². The molecular weight excluding hydrogens is 332 g/mol. The molecule has 7 nitrogen and oxygen atoms in total. The molecule has 26 heavy (non-hydrogen) atoms. The number of fused-ring (bicyclic) bond motifs is 1. The maximum absolute atomic E-state index is 12.7. The van der Waals surface area contributed by atoms with E-state index in [1.165, 1.54) is 0 Å². The van der Waals surface area contributed by atoms with Crippen LogP contribution in [0, 0.1) is 11.8 Å². The zero-order valence-electron chi connectivity index (χ0n) is 14.9. The molecule has 7 heteroatoms. The van der Waals surface area contributed by atoms with Gasteiger partial charge in [-0.3, -0.25) is 4.79 Å². The van der Waals surface area contributed by atoms with Crippen LogP contribution in [0.4, 0.5) is 0 Å². The zero-order chi connectivity index (χ0) is 18.1. The summed E-state index contributed by atoms with van der Waals surface area (Å²) in [5.74, 6) is 2.89. The summed E-state index contributed by atoms with van der Waals surface area (Å²) in [7, 11) is 0. The maximum Gasteiger partial charge on any atom is 0.253 e. The van der Waals surface area contributed by atoms with Gasteiger partial charge in [-0.25, -0.2) is 0 Å². The SMILES string of the molecule is CCc1nc(COc2ccc(C(=O)N3CC4CCC(N)C4C3)cc2)no1. The second-order valence-electron chi connectivity index (χ2n) is 7.15. The Morgan fingerprint density at radius 2 is 2.12 bits per heavy atom. The summed E-state index contributed by atoms with van der Waals surface area (Å²) in [4.78, 5) is 18.9. The molecule has 138 valence electrons. The Bertz CT molecular complexity index is 773. The summed E-state index contributed by atoms with van der Waals surface area (Å²) in [6.07, 6.45) is 2.93. The third-order valence-electron chi connectivity index (χ3n) is 5.48. The average molecular weight is 356 g/mol. The van der Waals surface area contributed by atoms with Gasteiger partial charge in [-0.2, -0.15) is 4.98 Å². The number of hydrogen-bond acceptors (Lipinski definition) is 6. The van der Waals surface area contributed by atoms with Crippen molar-refractivity contribution >= 4 is 5.91 Å². The van der Waals surface area contributed by atoms with Crippen LogP contribution >= 0.6 is 0 Å². The molecule has 2 N–H and O–H groups in total. The summed E-state index contributed by atoms with van der Waals surface area (Å²) in [5, 5.41) is 3.85. The molecule has 1 aliphatic carbocycles. The van der Waals surface area contributed by atoms with Gasteiger partial charge < -0.3 is 19.9 Å². The van der Waals surface area contributed by atoms with Gasteiger partial charge >= 0.3 is 0 Å². The van der Waals surface area contributed by atoms with E-state index in [0.717, 1.165) is 25.9 Å². The Morgan fingerprint density at radius 1 is 1.31 bits per heavy atom. The predicted molar refractivity (Wildman–Crippen MR) is 94.5 cm³/mol. The highest BCUT2D eigenvalue weighted by Gasteiger charge is 2.42. The number of carbonyl (C=O) groups excluding carboxylic acids is 1. The standard InChI is InChI=1S/C19H24N4O3/c1-2-18-21-17(22-26-18)11-25-14-6-3-12(4-7-14)19(24)23-9-13-5-8-16(20)15(13)10-23/h3-4,6-7,13,15-16H,2,5,8-11,20H2,1H3. The molecule has 1 aromatic carbocycles. The third-order valence-corrected chi connectivity index (χ3v) is 5.48. The van der Waals surface area contributed by atoms with Crippen molar-refractivity contribution in [2.75, 3.05) is 13.1 Å². The molecule has 2 heterocycles. The number of hydrogen-bond donors (Lipinski definition) is 1. The molecule has 1 aliphatic heterocycles. The lowest BCUT2D eigenvalue weighted by molar-refractivity contribution is 0.0779. The monoisotopic (exact) mass is 356 g/mol. The van der Waals surface area contributed by atoms with Crippen LogP contribution in [0.2, 0.25) is 0 Å². The summed E-state index contributed by atoms with van der Waals surface area (Å²) < 4.78 is 10.7. The highest BCUT2D eigenvalue weighted by molar-refractivity contribution is 5.94. The first-order chi connectivity index (χ1) is 12.6. The fraction of sp³-hybridized carbons (Fsp3) is 0.526. The molecule has 4 rings (SSSR count). The van der Waals surface area contributed by atoms with E-state index in [4.69, 9.17) is 15.0 Å². The van der Waals surface area contributed by atoms with Crippen molar-refractivity contribution in [2.45, 2.75) is 38.8 Å². The highest BCUT2D eigenvalue weighted by Crippen LogP contribution is 2.37. The topological polar surface area (TPSA) is 94.5 Å². The number of rotatable bonds is 5. The second-order valence-corrected chi connectivity index (χ2v) is 7.15. The van der Waals surface area contributed by atoms with Gasteiger partial charge in [0.1, 0.15) is 5.75 Å². The smallest absolute Gasteiger partial charge is 0.253 e. The van der Waals surface area contributed by atoms with Crippen molar-refractivity contribution in [1.82, 2.24) is 15.0 Å². The van der Waals surface area contributed by atoms with E-state index in [9.17, 15) is 4.79 Å². The van der Waals surface area contributed by atoms with Crippen LogP contribution in [-0.2, 0) is 13.0 Å². The molecule has 1 saturated heterocycles. The fourth-order valence-corrected chi connectivity index (χ4v) is 3.99. The Kier molecular flexibility index (Phi) is 4.63. The molecule has 0 bridgehead atoms. The molecule has 1 aromatic heterocycles. The number of ether oxygens (including phenoxy) is 1. The first kappa shape index (κ1) is 17.0. The van der Waals surface area contributed by atoms with Crippen LogP contribution < -0.4 is 10.5 Å². The van der Waals surface area contributed by atoms with Gasteiger partial charge in [0.05, 0.1) is 0 Å². The molecule has 3 atom stereocenters. The van der Waals surface area contributed by atoms with Gasteiger partial charge in [0.15, 0.2) is 6.61 Å². The van der Waals surface area contributed by atoms with E-state index in [2.05, 4.69) is 10.1 Å². The van der Waals surface area contributed by atoms with Crippen molar-refractivity contribution in [3.05, 3.63) is 41.5 Å². The van der Waals surface area contributed by atoms with Gasteiger partial charge in [0.25, 0.3) is 5.91 Å². The van der Waals surface area contributed by atoms with Crippen LogP contribution in [-0.4, -0.2) is 40.1 Å². The molecule has 2 aliphatic rings. The summed E-state index contributed by atoms with van der Waals surface area (Å²) in [5.41, 5.74) is 6.84. The highest BCUT2D eigenvalue weighted by atomic mass is 16.5. The van der Waals surface area contributed by atoms with Crippen molar-refractivity contribution in [3.63, 3.8) is 0 Å². The van der Waals surface area contributed by atoms with Gasteiger partial charge in [-0.1, -0.05) is 12.1 Å². The van der Waals surface area contributed by atoms with E-state index in [-0.39, 0.29) is 18.6 Å². The molecule has 3 unspecified atom stereocenters. The normalized spacial score (nSPS) is 24.7. The summed E-state index contributed by atoms with van der Waals surface area (Å²) in [6, 6.07) is 7.46. The van der Waals surface area contributed by atoms with Gasteiger partial charge in [0.2, 0.25) is 11.7 Å². The lowest BCUT2D eigenvalue weighted by Gasteiger charge is -2.19. The molecule has 1 saturated carbocycles. The Hall–Kier alpha value is -2.41. The maximum atomic E-state index is 12.7. The number of amides is 1. The van der Waals surface area contributed by atoms with E-state index in [1.807, 2.05) is 11.8 Å². The lowest BCUT2D eigenvalue weighted by Crippen LogP contribution is -2.33. The number of nitrogens with two attached hydrogens (primary N) is 1. The number of aromatic nitrogens is 2.